The van der Waals surface area contributed by atoms with E-state index in [0.29, 0.717) is 51.4 Å². The van der Waals surface area contributed by atoms with Crippen LogP contribution in [-0.2, 0) is 9.53 Å². The van der Waals surface area contributed by atoms with E-state index in [-0.39, 0.29) is 23.8 Å². The van der Waals surface area contributed by atoms with Crippen molar-refractivity contribution in [3.05, 3.63) is 29.1 Å². The number of aromatic nitrogens is 1. The van der Waals surface area contributed by atoms with Crippen molar-refractivity contribution >= 4 is 17.9 Å². The standard InChI is InChI=1S/C26H36N4O4/c1-4-6-7-8-9-23(31)28-14-12-21(13-15-28)24-22(11-10-20(3)27-24)25(32)29-16-18-30(19-17-29)26(33)34-5-2/h10-11,21H,4-7,12-19H2,1-3H3. The van der Waals surface area contributed by atoms with Crippen molar-refractivity contribution in [3.63, 3.8) is 0 Å². The van der Waals surface area contributed by atoms with E-state index >= 15 is 0 Å². The maximum atomic E-state index is 13.4. The minimum Gasteiger partial charge on any atom is -0.450 e. The van der Waals surface area contributed by atoms with Gasteiger partial charge in [-0.1, -0.05) is 19.3 Å². The number of piperidine rings is 1. The number of hydrogen-bond acceptors (Lipinski definition) is 5. The first-order valence-corrected chi connectivity index (χ1v) is 12.4. The van der Waals surface area contributed by atoms with Crippen LogP contribution in [-0.4, -0.2) is 83.5 Å². The Hall–Kier alpha value is -3.08. The van der Waals surface area contributed by atoms with Crippen LogP contribution in [0.2, 0.25) is 0 Å². The molecule has 0 N–H and O–H groups in total. The lowest BCUT2D eigenvalue weighted by atomic mass is 9.89. The highest BCUT2D eigenvalue weighted by Gasteiger charge is 2.31. The number of pyridine rings is 1. The molecule has 34 heavy (non-hydrogen) atoms. The number of likely N-dealkylation sites (tertiary alicyclic amines) is 1. The minimum absolute atomic E-state index is 0.0497. The van der Waals surface area contributed by atoms with Crippen molar-refractivity contribution < 1.29 is 19.1 Å². The van der Waals surface area contributed by atoms with Crippen molar-refractivity contribution in [3.8, 4) is 11.8 Å². The molecule has 1 aromatic heterocycles. The first kappa shape index (κ1) is 25.5. The summed E-state index contributed by atoms with van der Waals surface area (Å²) >= 11 is 0. The number of carbonyl (C=O) groups excluding carboxylic acids is 3. The zero-order chi connectivity index (χ0) is 24.5. The molecule has 2 fully saturated rings. The van der Waals surface area contributed by atoms with Crippen LogP contribution >= 0.6 is 0 Å². The molecule has 3 heterocycles. The van der Waals surface area contributed by atoms with E-state index in [1.165, 1.54) is 0 Å². The molecule has 0 bridgehead atoms. The van der Waals surface area contributed by atoms with E-state index in [2.05, 4.69) is 18.8 Å². The Morgan fingerprint density at radius 2 is 1.68 bits per heavy atom. The molecule has 0 atom stereocenters. The Balaban J connectivity index is 1.63. The molecule has 0 radical (unpaired) electrons. The molecule has 0 saturated carbocycles. The molecule has 184 valence electrons. The number of nitrogens with zero attached hydrogens (tertiary/aromatic N) is 4. The summed E-state index contributed by atoms with van der Waals surface area (Å²) in [6, 6.07) is 3.74. The van der Waals surface area contributed by atoms with Gasteiger partial charge in [0.2, 0.25) is 0 Å². The van der Waals surface area contributed by atoms with Gasteiger partial charge in [-0.2, -0.15) is 0 Å². The second-order valence-electron chi connectivity index (χ2n) is 8.84. The number of ether oxygens (including phenoxy) is 1. The molecule has 2 aliphatic rings. The molecule has 2 saturated heterocycles. The van der Waals surface area contributed by atoms with Gasteiger partial charge in [-0.15, -0.1) is 0 Å². The van der Waals surface area contributed by atoms with Gasteiger partial charge in [0.05, 0.1) is 17.9 Å². The third-order valence-electron chi connectivity index (χ3n) is 6.41. The van der Waals surface area contributed by atoms with Gasteiger partial charge in [0.25, 0.3) is 11.8 Å². The van der Waals surface area contributed by atoms with Gasteiger partial charge in [-0.3, -0.25) is 14.6 Å². The lowest BCUT2D eigenvalue weighted by molar-refractivity contribution is -0.126. The Labute approximate surface area is 202 Å². The van der Waals surface area contributed by atoms with Gasteiger partial charge >= 0.3 is 6.09 Å². The van der Waals surface area contributed by atoms with Crippen molar-refractivity contribution in [1.82, 2.24) is 19.7 Å². The van der Waals surface area contributed by atoms with E-state index in [9.17, 15) is 14.4 Å². The number of amides is 3. The molecule has 0 aliphatic carbocycles. The summed E-state index contributed by atoms with van der Waals surface area (Å²) in [7, 11) is 0. The largest absolute Gasteiger partial charge is 0.450 e. The summed E-state index contributed by atoms with van der Waals surface area (Å²) < 4.78 is 5.07. The summed E-state index contributed by atoms with van der Waals surface area (Å²) in [5.74, 6) is 5.71. The molecule has 0 spiro atoms. The van der Waals surface area contributed by atoms with Crippen LogP contribution < -0.4 is 0 Å². The molecule has 3 rings (SSSR count). The number of piperazine rings is 1. The highest BCUT2D eigenvalue weighted by atomic mass is 16.6. The molecule has 0 unspecified atom stereocenters. The Bertz CT molecular complexity index is 936. The topological polar surface area (TPSA) is 83.1 Å². The van der Waals surface area contributed by atoms with Crippen LogP contribution in [0.1, 0.15) is 73.6 Å². The predicted molar refractivity (Wildman–Crippen MR) is 129 cm³/mol. The van der Waals surface area contributed by atoms with Crippen LogP contribution in [0, 0.1) is 18.8 Å². The van der Waals surface area contributed by atoms with E-state index in [0.717, 1.165) is 43.5 Å². The van der Waals surface area contributed by atoms with Gasteiger partial charge in [0.1, 0.15) is 0 Å². The normalized spacial score (nSPS) is 16.6. The van der Waals surface area contributed by atoms with Crippen molar-refractivity contribution in [2.75, 3.05) is 45.9 Å². The van der Waals surface area contributed by atoms with Gasteiger partial charge in [0, 0.05) is 57.3 Å². The first-order valence-electron chi connectivity index (χ1n) is 12.4. The van der Waals surface area contributed by atoms with Crippen LogP contribution in [0.5, 0.6) is 0 Å². The van der Waals surface area contributed by atoms with Crippen LogP contribution in [0.3, 0.4) is 0 Å². The Kier molecular flexibility index (Phi) is 9.32. The monoisotopic (exact) mass is 468 g/mol. The second-order valence-corrected chi connectivity index (χ2v) is 8.84. The van der Waals surface area contributed by atoms with E-state index in [4.69, 9.17) is 9.72 Å². The molecule has 1 aromatic rings. The highest BCUT2D eigenvalue weighted by molar-refractivity contribution is 5.96. The smallest absolute Gasteiger partial charge is 0.409 e. The number of rotatable bonds is 5. The fourth-order valence-electron chi connectivity index (χ4n) is 4.38. The average molecular weight is 469 g/mol. The summed E-state index contributed by atoms with van der Waals surface area (Å²) in [4.78, 5) is 47.7. The number of aryl methyl sites for hydroxylation is 1. The van der Waals surface area contributed by atoms with Gasteiger partial charge < -0.3 is 19.4 Å². The van der Waals surface area contributed by atoms with E-state index in [1.54, 1.807) is 21.6 Å². The average Bonchev–Trinajstić information content (AvgIpc) is 2.86. The molecular weight excluding hydrogens is 432 g/mol. The third kappa shape index (κ3) is 6.49. The Morgan fingerprint density at radius 1 is 1.00 bits per heavy atom. The van der Waals surface area contributed by atoms with Crippen LogP contribution in [0.4, 0.5) is 4.79 Å². The van der Waals surface area contributed by atoms with Crippen molar-refractivity contribution in [2.24, 2.45) is 0 Å². The lowest BCUT2D eigenvalue weighted by Gasteiger charge is -2.35. The molecule has 2 aliphatic heterocycles. The highest BCUT2D eigenvalue weighted by Crippen LogP contribution is 2.30. The third-order valence-corrected chi connectivity index (χ3v) is 6.41. The van der Waals surface area contributed by atoms with Crippen LogP contribution in [0.25, 0.3) is 0 Å². The van der Waals surface area contributed by atoms with Crippen molar-refractivity contribution in [2.45, 2.75) is 58.8 Å². The summed E-state index contributed by atoms with van der Waals surface area (Å²) in [6.45, 7) is 9.25. The summed E-state index contributed by atoms with van der Waals surface area (Å²) in [6.07, 6.45) is 4.02. The lowest BCUT2D eigenvalue weighted by Crippen LogP contribution is -2.51. The zero-order valence-electron chi connectivity index (χ0n) is 20.6. The molecule has 8 heteroatoms. The molecular formula is C26H36N4O4. The fraction of sp³-hybridized carbons (Fsp3) is 0.615. The van der Waals surface area contributed by atoms with Crippen molar-refractivity contribution in [1.29, 1.82) is 0 Å². The zero-order valence-corrected chi connectivity index (χ0v) is 20.6. The Morgan fingerprint density at radius 3 is 2.32 bits per heavy atom. The predicted octanol–water partition coefficient (Wildman–Crippen LogP) is 3.20. The summed E-state index contributed by atoms with van der Waals surface area (Å²) in [5, 5.41) is 0. The number of unbranched alkanes of at least 4 members (excludes halogenated alkanes) is 2. The molecule has 0 aromatic carbocycles. The van der Waals surface area contributed by atoms with Gasteiger partial charge in [0.15, 0.2) is 0 Å². The number of carbonyl (C=O) groups is 3. The van der Waals surface area contributed by atoms with E-state index in [1.807, 2.05) is 19.1 Å². The van der Waals surface area contributed by atoms with Gasteiger partial charge in [-0.05, 0) is 51.2 Å². The quantitative estimate of drug-likeness (QED) is 0.490. The van der Waals surface area contributed by atoms with Gasteiger partial charge in [-0.25, -0.2) is 4.79 Å². The first-order chi connectivity index (χ1) is 16.4. The SMILES string of the molecule is CCCCC#CC(=O)N1CCC(c2nc(C)ccc2C(=O)N2CCN(C(=O)OCC)CC2)CC1. The maximum absolute atomic E-state index is 13.4. The minimum atomic E-state index is -0.330. The van der Waals surface area contributed by atoms with E-state index < -0.39 is 0 Å². The second kappa shape index (κ2) is 12.4. The maximum Gasteiger partial charge on any atom is 0.409 e. The molecule has 3 amide bonds. The fourth-order valence-corrected chi connectivity index (χ4v) is 4.38. The number of hydrogen-bond donors (Lipinski definition) is 0. The van der Waals surface area contributed by atoms with Crippen LogP contribution in [0.15, 0.2) is 12.1 Å². The molecule has 8 nitrogen and oxygen atoms in total. The summed E-state index contributed by atoms with van der Waals surface area (Å²) in [5.41, 5.74) is 2.32.